The molecule has 5 heteroatoms. The average molecular weight is 249 g/mol. The Morgan fingerprint density at radius 1 is 0.882 bits per heavy atom. The fourth-order valence-electron chi connectivity index (χ4n) is 1.35. The number of anilines is 1. The molecule has 0 aliphatic rings. The Kier molecular flexibility index (Phi) is 3.01. The Morgan fingerprint density at radius 2 is 1.47 bits per heavy atom. The predicted octanol–water partition coefficient (Wildman–Crippen LogP) is 2.19. The summed E-state index contributed by atoms with van der Waals surface area (Å²) in [6, 6.07) is 14.0. The maximum absolute atomic E-state index is 11.9. The Hall–Kier alpha value is -2.01. The van der Waals surface area contributed by atoms with E-state index in [9.17, 15) is 8.42 Å². The molecule has 0 amide bonds. The Morgan fingerprint density at radius 3 is 2.06 bits per heavy atom. The molecule has 0 spiro atoms. The highest BCUT2D eigenvalue weighted by Gasteiger charge is 2.13. The Labute approximate surface area is 99.6 Å². The van der Waals surface area contributed by atoms with E-state index in [2.05, 4.69) is 4.72 Å². The van der Waals surface area contributed by atoms with E-state index in [0.717, 1.165) is 0 Å². The number of hydrogen-bond acceptors (Lipinski definition) is 3. The van der Waals surface area contributed by atoms with Gasteiger partial charge in [-0.15, -0.1) is 0 Å². The van der Waals surface area contributed by atoms with Crippen molar-refractivity contribution in [2.24, 2.45) is 0 Å². The van der Waals surface area contributed by atoms with Crippen LogP contribution in [0.3, 0.4) is 0 Å². The van der Waals surface area contributed by atoms with Crippen LogP contribution in [0.15, 0.2) is 59.5 Å². The minimum atomic E-state index is -3.59. The summed E-state index contributed by atoms with van der Waals surface area (Å²) in [5, 5.41) is 9.10. The second-order valence-corrected chi connectivity index (χ2v) is 5.15. The Bertz CT molecular complexity index is 591. The second kappa shape index (κ2) is 4.47. The van der Waals surface area contributed by atoms with Gasteiger partial charge in [0, 0.05) is 5.69 Å². The van der Waals surface area contributed by atoms with Gasteiger partial charge in [0.05, 0.1) is 4.90 Å². The van der Waals surface area contributed by atoms with Gasteiger partial charge in [0.25, 0.3) is 10.0 Å². The number of sulfonamides is 1. The molecule has 0 atom stereocenters. The van der Waals surface area contributed by atoms with Crippen LogP contribution in [0.4, 0.5) is 5.69 Å². The molecule has 0 fully saturated rings. The summed E-state index contributed by atoms with van der Waals surface area (Å²) in [5.41, 5.74) is 0.501. The normalized spacial score (nSPS) is 11.1. The number of hydrogen-bond donors (Lipinski definition) is 2. The minimum Gasteiger partial charge on any atom is -0.508 e. The largest absolute Gasteiger partial charge is 0.508 e. The molecule has 2 rings (SSSR count). The lowest BCUT2D eigenvalue weighted by atomic mass is 10.3. The first-order valence-corrected chi connectivity index (χ1v) is 6.43. The molecule has 0 heterocycles. The summed E-state index contributed by atoms with van der Waals surface area (Å²) in [7, 11) is -3.59. The van der Waals surface area contributed by atoms with Crippen molar-refractivity contribution in [3.63, 3.8) is 0 Å². The van der Waals surface area contributed by atoms with E-state index < -0.39 is 10.0 Å². The van der Waals surface area contributed by atoms with Gasteiger partial charge in [-0.3, -0.25) is 4.72 Å². The summed E-state index contributed by atoms with van der Waals surface area (Å²) in [5.74, 6) is 0.0312. The van der Waals surface area contributed by atoms with Crippen molar-refractivity contribution in [3.05, 3.63) is 54.6 Å². The van der Waals surface area contributed by atoms with Crippen LogP contribution >= 0.6 is 0 Å². The van der Waals surface area contributed by atoms with E-state index in [0.29, 0.717) is 5.69 Å². The van der Waals surface area contributed by atoms with Gasteiger partial charge in [0.1, 0.15) is 5.75 Å². The van der Waals surface area contributed by atoms with Crippen molar-refractivity contribution < 1.29 is 13.5 Å². The topological polar surface area (TPSA) is 66.4 Å². The van der Waals surface area contributed by atoms with E-state index in [-0.39, 0.29) is 10.6 Å². The highest BCUT2D eigenvalue weighted by atomic mass is 32.2. The molecule has 2 aromatic carbocycles. The first-order valence-electron chi connectivity index (χ1n) is 4.95. The Balaban J connectivity index is 2.29. The van der Waals surface area contributed by atoms with Crippen molar-refractivity contribution in [1.82, 2.24) is 0 Å². The van der Waals surface area contributed by atoms with Gasteiger partial charge in [0.2, 0.25) is 0 Å². The molecular weight excluding hydrogens is 238 g/mol. The van der Waals surface area contributed by atoms with Gasteiger partial charge < -0.3 is 5.11 Å². The van der Waals surface area contributed by atoms with E-state index in [1.54, 1.807) is 30.3 Å². The fourth-order valence-corrected chi connectivity index (χ4v) is 2.40. The molecule has 0 bridgehead atoms. The maximum Gasteiger partial charge on any atom is 0.261 e. The van der Waals surface area contributed by atoms with Crippen molar-refractivity contribution in [2.75, 3.05) is 4.72 Å². The third-order valence-electron chi connectivity index (χ3n) is 2.17. The van der Waals surface area contributed by atoms with E-state index in [1.165, 1.54) is 24.3 Å². The molecule has 88 valence electrons. The summed E-state index contributed by atoms with van der Waals surface area (Å²) >= 11 is 0. The highest BCUT2D eigenvalue weighted by molar-refractivity contribution is 7.92. The van der Waals surface area contributed by atoms with Gasteiger partial charge in [-0.1, -0.05) is 18.2 Å². The lowest BCUT2D eigenvalue weighted by molar-refractivity contribution is 0.475. The molecule has 0 aromatic heterocycles. The summed E-state index contributed by atoms with van der Waals surface area (Å²) in [4.78, 5) is 0.110. The third-order valence-corrected chi connectivity index (χ3v) is 3.57. The van der Waals surface area contributed by atoms with Gasteiger partial charge in [-0.2, -0.15) is 0 Å². The number of phenolic OH excluding ortho intramolecular Hbond substituents is 1. The van der Waals surface area contributed by atoms with Crippen LogP contribution in [-0.2, 0) is 10.0 Å². The molecule has 0 aliphatic heterocycles. The molecule has 4 nitrogen and oxygen atoms in total. The molecule has 2 aromatic rings. The smallest absolute Gasteiger partial charge is 0.261 e. The number of nitrogens with one attached hydrogen (secondary N) is 1. The number of benzene rings is 2. The van der Waals surface area contributed by atoms with Crippen LogP contribution < -0.4 is 4.72 Å². The molecule has 2 N–H and O–H groups in total. The highest BCUT2D eigenvalue weighted by Crippen LogP contribution is 2.17. The SMILES string of the molecule is O=S(=O)(Nc1ccccc1)c1ccc(O)cc1. The average Bonchev–Trinajstić information content (AvgIpc) is 2.30. The monoisotopic (exact) mass is 249 g/mol. The molecular formula is C12H11NO3S. The minimum absolute atomic E-state index is 0.0312. The van der Waals surface area contributed by atoms with Gasteiger partial charge in [-0.25, -0.2) is 8.42 Å². The first-order chi connectivity index (χ1) is 8.08. The molecule has 0 unspecified atom stereocenters. The maximum atomic E-state index is 11.9. The number of phenols is 1. The van der Waals surface area contributed by atoms with Crippen LogP contribution in [-0.4, -0.2) is 13.5 Å². The quantitative estimate of drug-likeness (QED) is 0.876. The number of rotatable bonds is 3. The first kappa shape index (κ1) is 11.5. The van der Waals surface area contributed by atoms with Crippen LogP contribution in [0.25, 0.3) is 0 Å². The van der Waals surface area contributed by atoms with Crippen molar-refractivity contribution in [3.8, 4) is 5.75 Å². The number of aromatic hydroxyl groups is 1. The summed E-state index contributed by atoms with van der Waals surface area (Å²) < 4.78 is 26.3. The van der Waals surface area contributed by atoms with Crippen LogP contribution in [0.5, 0.6) is 5.75 Å². The van der Waals surface area contributed by atoms with Crippen LogP contribution in [0.1, 0.15) is 0 Å². The van der Waals surface area contributed by atoms with Crippen molar-refractivity contribution in [2.45, 2.75) is 4.90 Å². The van der Waals surface area contributed by atoms with Crippen molar-refractivity contribution in [1.29, 1.82) is 0 Å². The van der Waals surface area contributed by atoms with E-state index in [1.807, 2.05) is 0 Å². The van der Waals surface area contributed by atoms with E-state index in [4.69, 9.17) is 5.11 Å². The summed E-state index contributed by atoms with van der Waals surface area (Å²) in [6.07, 6.45) is 0. The fraction of sp³-hybridized carbons (Fsp3) is 0. The lowest BCUT2D eigenvalue weighted by Crippen LogP contribution is -2.12. The van der Waals surface area contributed by atoms with Gasteiger partial charge >= 0.3 is 0 Å². The summed E-state index contributed by atoms with van der Waals surface area (Å²) in [6.45, 7) is 0. The second-order valence-electron chi connectivity index (χ2n) is 3.47. The molecule has 0 saturated heterocycles. The van der Waals surface area contributed by atoms with Crippen molar-refractivity contribution >= 4 is 15.7 Å². The zero-order valence-electron chi connectivity index (χ0n) is 8.87. The lowest BCUT2D eigenvalue weighted by Gasteiger charge is -2.07. The zero-order valence-corrected chi connectivity index (χ0v) is 9.68. The predicted molar refractivity (Wildman–Crippen MR) is 65.4 cm³/mol. The molecule has 0 radical (unpaired) electrons. The van der Waals surface area contributed by atoms with Gasteiger partial charge in [-0.05, 0) is 36.4 Å². The standard InChI is InChI=1S/C12H11NO3S/c14-11-6-8-12(9-7-11)17(15,16)13-10-4-2-1-3-5-10/h1-9,13-14H. The van der Waals surface area contributed by atoms with Crippen LogP contribution in [0, 0.1) is 0 Å². The van der Waals surface area contributed by atoms with Crippen LogP contribution in [0.2, 0.25) is 0 Å². The number of para-hydroxylation sites is 1. The molecule has 0 saturated carbocycles. The zero-order chi connectivity index (χ0) is 12.3. The third kappa shape index (κ3) is 2.76. The molecule has 0 aliphatic carbocycles. The van der Waals surface area contributed by atoms with E-state index >= 15 is 0 Å². The van der Waals surface area contributed by atoms with Gasteiger partial charge in [0.15, 0.2) is 0 Å². The molecule has 17 heavy (non-hydrogen) atoms.